The van der Waals surface area contributed by atoms with E-state index in [1.165, 1.54) is 5.56 Å². The highest BCUT2D eigenvalue weighted by Crippen LogP contribution is 2.23. The third-order valence-electron chi connectivity index (χ3n) is 4.17. The lowest BCUT2D eigenvalue weighted by Gasteiger charge is -2.37. The molecule has 0 aliphatic carbocycles. The molecule has 1 aromatic rings. The molecule has 114 valence electrons. The minimum Gasteiger partial charge on any atom is -0.378 e. The van der Waals surface area contributed by atoms with E-state index in [1.54, 1.807) is 0 Å². The number of hydrogen-bond acceptors (Lipinski definition) is 4. The lowest BCUT2D eigenvalue weighted by atomic mass is 10.0. The SMILES string of the molecule is O=C(CC1COCCN1)N1CCNCC1c1ccccc1. The van der Waals surface area contributed by atoms with Crippen LogP contribution >= 0.6 is 0 Å². The van der Waals surface area contributed by atoms with Crippen LogP contribution in [0.3, 0.4) is 0 Å². The number of benzene rings is 1. The van der Waals surface area contributed by atoms with E-state index in [-0.39, 0.29) is 18.0 Å². The largest absolute Gasteiger partial charge is 0.378 e. The van der Waals surface area contributed by atoms with Crippen molar-refractivity contribution in [1.82, 2.24) is 15.5 Å². The Kier molecular flexibility index (Phi) is 4.85. The summed E-state index contributed by atoms with van der Waals surface area (Å²) in [5, 5.41) is 6.74. The Morgan fingerprint density at radius 1 is 1.29 bits per heavy atom. The molecule has 2 heterocycles. The Morgan fingerprint density at radius 3 is 2.90 bits per heavy atom. The van der Waals surface area contributed by atoms with E-state index >= 15 is 0 Å². The van der Waals surface area contributed by atoms with Crippen molar-refractivity contribution in [3.05, 3.63) is 35.9 Å². The first-order chi connectivity index (χ1) is 10.3. The zero-order valence-corrected chi connectivity index (χ0v) is 12.3. The first-order valence-corrected chi connectivity index (χ1v) is 7.71. The molecule has 1 aromatic carbocycles. The maximum atomic E-state index is 12.7. The molecule has 0 aromatic heterocycles. The van der Waals surface area contributed by atoms with Gasteiger partial charge in [0.25, 0.3) is 0 Å². The van der Waals surface area contributed by atoms with Crippen molar-refractivity contribution in [2.24, 2.45) is 0 Å². The summed E-state index contributed by atoms with van der Waals surface area (Å²) in [4.78, 5) is 14.7. The Bertz CT molecular complexity index is 460. The summed E-state index contributed by atoms with van der Waals surface area (Å²) >= 11 is 0. The van der Waals surface area contributed by atoms with Gasteiger partial charge in [0, 0.05) is 38.6 Å². The maximum absolute atomic E-state index is 12.7. The Morgan fingerprint density at radius 2 is 2.14 bits per heavy atom. The number of nitrogens with one attached hydrogen (secondary N) is 2. The highest BCUT2D eigenvalue weighted by atomic mass is 16.5. The molecule has 21 heavy (non-hydrogen) atoms. The summed E-state index contributed by atoms with van der Waals surface area (Å²) in [6.45, 7) is 4.67. The highest BCUT2D eigenvalue weighted by molar-refractivity contribution is 5.77. The van der Waals surface area contributed by atoms with Crippen LogP contribution in [0.15, 0.2) is 30.3 Å². The fraction of sp³-hybridized carbons (Fsp3) is 0.562. The highest BCUT2D eigenvalue weighted by Gasteiger charge is 2.29. The Labute approximate surface area is 125 Å². The van der Waals surface area contributed by atoms with Crippen molar-refractivity contribution < 1.29 is 9.53 Å². The number of rotatable bonds is 3. The molecule has 3 rings (SSSR count). The summed E-state index contributed by atoms with van der Waals surface area (Å²) in [5.74, 6) is 0.216. The zero-order valence-electron chi connectivity index (χ0n) is 12.3. The topological polar surface area (TPSA) is 53.6 Å². The molecule has 2 unspecified atom stereocenters. The van der Waals surface area contributed by atoms with Gasteiger partial charge < -0.3 is 20.3 Å². The van der Waals surface area contributed by atoms with Crippen LogP contribution in [0.2, 0.25) is 0 Å². The molecule has 2 saturated heterocycles. The molecule has 2 aliphatic rings. The van der Waals surface area contributed by atoms with Gasteiger partial charge in [-0.1, -0.05) is 30.3 Å². The second-order valence-electron chi connectivity index (χ2n) is 5.65. The van der Waals surface area contributed by atoms with E-state index in [0.717, 1.165) is 32.8 Å². The number of morpholine rings is 1. The van der Waals surface area contributed by atoms with Crippen LogP contribution in [0.5, 0.6) is 0 Å². The minimum absolute atomic E-state index is 0.136. The van der Waals surface area contributed by atoms with Crippen LogP contribution in [-0.4, -0.2) is 56.2 Å². The monoisotopic (exact) mass is 289 g/mol. The normalized spacial score (nSPS) is 26.6. The fourth-order valence-corrected chi connectivity index (χ4v) is 3.05. The van der Waals surface area contributed by atoms with Crippen molar-refractivity contribution in [1.29, 1.82) is 0 Å². The van der Waals surface area contributed by atoms with Crippen LogP contribution in [0.4, 0.5) is 0 Å². The van der Waals surface area contributed by atoms with E-state index in [4.69, 9.17) is 4.74 Å². The number of hydrogen-bond donors (Lipinski definition) is 2. The molecule has 5 nitrogen and oxygen atoms in total. The number of carbonyl (C=O) groups excluding carboxylic acids is 1. The van der Waals surface area contributed by atoms with Crippen LogP contribution in [0, 0.1) is 0 Å². The molecule has 0 spiro atoms. The lowest BCUT2D eigenvalue weighted by molar-refractivity contribution is -0.135. The first-order valence-electron chi connectivity index (χ1n) is 7.71. The third-order valence-corrected chi connectivity index (χ3v) is 4.17. The Balaban J connectivity index is 1.67. The van der Waals surface area contributed by atoms with Crippen LogP contribution < -0.4 is 10.6 Å². The smallest absolute Gasteiger partial charge is 0.224 e. The van der Waals surface area contributed by atoms with Gasteiger partial charge >= 0.3 is 0 Å². The number of amides is 1. The van der Waals surface area contributed by atoms with Crippen molar-refractivity contribution in [2.45, 2.75) is 18.5 Å². The average Bonchev–Trinajstić information content (AvgIpc) is 2.56. The standard InChI is InChI=1S/C16H23N3O2/c20-16(10-14-12-21-9-7-18-14)19-8-6-17-11-15(19)13-4-2-1-3-5-13/h1-5,14-15,17-18H,6-12H2. The molecule has 1 amide bonds. The molecular formula is C16H23N3O2. The summed E-state index contributed by atoms with van der Waals surface area (Å²) in [5.41, 5.74) is 1.20. The predicted molar refractivity (Wildman–Crippen MR) is 81.0 cm³/mol. The fourth-order valence-electron chi connectivity index (χ4n) is 3.05. The van der Waals surface area contributed by atoms with Gasteiger partial charge in [-0.15, -0.1) is 0 Å². The molecule has 5 heteroatoms. The van der Waals surface area contributed by atoms with E-state index < -0.39 is 0 Å². The van der Waals surface area contributed by atoms with Gasteiger partial charge in [-0.05, 0) is 5.56 Å². The van der Waals surface area contributed by atoms with E-state index in [9.17, 15) is 4.79 Å². The molecule has 2 fully saturated rings. The van der Waals surface area contributed by atoms with Crippen LogP contribution in [0.1, 0.15) is 18.0 Å². The maximum Gasteiger partial charge on any atom is 0.224 e. The zero-order chi connectivity index (χ0) is 14.5. The second-order valence-corrected chi connectivity index (χ2v) is 5.65. The third kappa shape index (κ3) is 3.61. The van der Waals surface area contributed by atoms with Gasteiger partial charge in [0.05, 0.1) is 19.3 Å². The van der Waals surface area contributed by atoms with Gasteiger partial charge in [0.2, 0.25) is 5.91 Å². The molecule has 2 N–H and O–H groups in total. The van der Waals surface area contributed by atoms with Gasteiger partial charge in [0.15, 0.2) is 0 Å². The lowest BCUT2D eigenvalue weighted by Crippen LogP contribution is -2.51. The van der Waals surface area contributed by atoms with Gasteiger partial charge in [0.1, 0.15) is 0 Å². The summed E-state index contributed by atoms with van der Waals surface area (Å²) in [7, 11) is 0. The Hall–Kier alpha value is -1.43. The summed E-state index contributed by atoms with van der Waals surface area (Å²) in [6, 6.07) is 10.6. The second kappa shape index (κ2) is 7.02. The van der Waals surface area contributed by atoms with Gasteiger partial charge in [-0.25, -0.2) is 0 Å². The minimum atomic E-state index is 0.136. The molecular weight excluding hydrogens is 266 g/mol. The van der Waals surface area contributed by atoms with Crippen molar-refractivity contribution in [3.8, 4) is 0 Å². The number of carbonyl (C=O) groups is 1. The molecule has 0 saturated carbocycles. The van der Waals surface area contributed by atoms with Gasteiger partial charge in [-0.2, -0.15) is 0 Å². The molecule has 0 bridgehead atoms. The quantitative estimate of drug-likeness (QED) is 0.853. The van der Waals surface area contributed by atoms with E-state index in [2.05, 4.69) is 22.8 Å². The molecule has 0 radical (unpaired) electrons. The van der Waals surface area contributed by atoms with Gasteiger partial charge in [-0.3, -0.25) is 4.79 Å². The molecule has 2 aliphatic heterocycles. The van der Waals surface area contributed by atoms with Crippen LogP contribution in [-0.2, 0) is 9.53 Å². The number of piperazine rings is 1. The van der Waals surface area contributed by atoms with Crippen LogP contribution in [0.25, 0.3) is 0 Å². The number of nitrogens with zero attached hydrogens (tertiary/aromatic N) is 1. The van der Waals surface area contributed by atoms with Crippen molar-refractivity contribution in [2.75, 3.05) is 39.4 Å². The van der Waals surface area contributed by atoms with E-state index in [0.29, 0.717) is 13.0 Å². The average molecular weight is 289 g/mol. The number of ether oxygens (including phenoxy) is 1. The van der Waals surface area contributed by atoms with Crippen molar-refractivity contribution >= 4 is 5.91 Å². The molecule has 2 atom stereocenters. The summed E-state index contributed by atoms with van der Waals surface area (Å²) < 4.78 is 5.44. The van der Waals surface area contributed by atoms with E-state index in [1.807, 2.05) is 23.1 Å². The first kappa shape index (κ1) is 14.5. The summed E-state index contributed by atoms with van der Waals surface area (Å²) in [6.07, 6.45) is 0.517. The van der Waals surface area contributed by atoms with Crippen molar-refractivity contribution in [3.63, 3.8) is 0 Å². The predicted octanol–water partition coefficient (Wildman–Crippen LogP) is 0.538.